The highest BCUT2D eigenvalue weighted by Crippen LogP contribution is 2.12. The third kappa shape index (κ3) is 6.03. The topological polar surface area (TPSA) is 76.1 Å². The molecule has 1 amide bonds. The number of nitrogens with zero attached hydrogens (tertiary/aromatic N) is 2. The summed E-state index contributed by atoms with van der Waals surface area (Å²) >= 11 is 0. The number of amides is 1. The number of rotatable bonds is 5. The van der Waals surface area contributed by atoms with Crippen molar-refractivity contribution in [1.29, 1.82) is 0 Å². The molecule has 1 aromatic heterocycles. The van der Waals surface area contributed by atoms with Gasteiger partial charge in [-0.2, -0.15) is 4.98 Å². The van der Waals surface area contributed by atoms with Gasteiger partial charge >= 0.3 is 0 Å². The Bertz CT molecular complexity index is 441. The maximum absolute atomic E-state index is 11.7. The Morgan fingerprint density at radius 1 is 1.37 bits per heavy atom. The summed E-state index contributed by atoms with van der Waals surface area (Å²) in [6.07, 6.45) is 0. The second-order valence-corrected chi connectivity index (χ2v) is 5.22. The molecular formula is C13H22N4O2. The van der Waals surface area contributed by atoms with Crippen LogP contribution in [0.15, 0.2) is 6.07 Å². The molecule has 0 unspecified atom stereocenters. The minimum Gasteiger partial charge on any atom is -0.478 e. The van der Waals surface area contributed by atoms with Crippen molar-refractivity contribution in [2.24, 2.45) is 0 Å². The first-order valence-electron chi connectivity index (χ1n) is 6.33. The Morgan fingerprint density at radius 2 is 2.05 bits per heavy atom. The first-order chi connectivity index (χ1) is 8.80. The SMILES string of the molecule is CCOc1cc(NCC(=O)NC(C)(C)C)nc(C)n1. The molecule has 0 atom stereocenters. The number of ether oxygens (including phenoxy) is 1. The Hall–Kier alpha value is -1.85. The van der Waals surface area contributed by atoms with Crippen LogP contribution in [0.5, 0.6) is 5.88 Å². The summed E-state index contributed by atoms with van der Waals surface area (Å²) in [4.78, 5) is 20.0. The molecule has 0 aliphatic carbocycles. The van der Waals surface area contributed by atoms with Gasteiger partial charge in [-0.1, -0.05) is 0 Å². The van der Waals surface area contributed by atoms with Crippen LogP contribution in [0.25, 0.3) is 0 Å². The van der Waals surface area contributed by atoms with E-state index in [0.717, 1.165) is 0 Å². The largest absolute Gasteiger partial charge is 0.478 e. The lowest BCUT2D eigenvalue weighted by atomic mass is 10.1. The summed E-state index contributed by atoms with van der Waals surface area (Å²) in [6, 6.07) is 1.68. The van der Waals surface area contributed by atoms with Gasteiger partial charge < -0.3 is 15.4 Å². The van der Waals surface area contributed by atoms with Gasteiger partial charge in [0.2, 0.25) is 11.8 Å². The molecule has 0 aliphatic rings. The Balaban J connectivity index is 2.60. The Morgan fingerprint density at radius 3 is 2.63 bits per heavy atom. The molecule has 0 bridgehead atoms. The van der Waals surface area contributed by atoms with Gasteiger partial charge in [0.25, 0.3) is 0 Å². The lowest BCUT2D eigenvalue weighted by molar-refractivity contribution is -0.120. The van der Waals surface area contributed by atoms with E-state index in [9.17, 15) is 4.79 Å². The predicted octanol–water partition coefficient (Wildman–Crippen LogP) is 1.51. The highest BCUT2D eigenvalue weighted by atomic mass is 16.5. The van der Waals surface area contributed by atoms with Gasteiger partial charge in [0.15, 0.2) is 0 Å². The molecule has 1 aromatic rings. The second-order valence-electron chi connectivity index (χ2n) is 5.22. The van der Waals surface area contributed by atoms with Crippen LogP contribution < -0.4 is 15.4 Å². The third-order valence-electron chi connectivity index (χ3n) is 2.05. The van der Waals surface area contributed by atoms with E-state index in [4.69, 9.17) is 4.74 Å². The second kappa shape index (κ2) is 6.36. The van der Waals surface area contributed by atoms with Crippen molar-refractivity contribution in [2.45, 2.75) is 40.2 Å². The third-order valence-corrected chi connectivity index (χ3v) is 2.05. The van der Waals surface area contributed by atoms with E-state index in [1.54, 1.807) is 13.0 Å². The van der Waals surface area contributed by atoms with Gasteiger partial charge in [-0.25, -0.2) is 4.98 Å². The fraction of sp³-hybridized carbons (Fsp3) is 0.615. The molecule has 106 valence electrons. The van der Waals surface area contributed by atoms with Crippen molar-refractivity contribution in [3.05, 3.63) is 11.9 Å². The fourth-order valence-corrected chi connectivity index (χ4v) is 1.49. The summed E-state index contributed by atoms with van der Waals surface area (Å²) in [5.41, 5.74) is -0.239. The Labute approximate surface area is 114 Å². The normalized spacial score (nSPS) is 11.0. The van der Waals surface area contributed by atoms with E-state index in [2.05, 4.69) is 20.6 Å². The zero-order chi connectivity index (χ0) is 14.5. The molecule has 6 heteroatoms. The van der Waals surface area contributed by atoms with Gasteiger partial charge in [0.1, 0.15) is 11.6 Å². The van der Waals surface area contributed by atoms with E-state index in [1.165, 1.54) is 0 Å². The lowest BCUT2D eigenvalue weighted by Crippen LogP contribution is -2.43. The standard InChI is InChI=1S/C13H22N4O2/c1-6-19-12-7-10(15-9(2)16-12)14-8-11(18)17-13(3,4)5/h7H,6,8H2,1-5H3,(H,17,18)(H,14,15,16). The summed E-state index contributed by atoms with van der Waals surface area (Å²) in [6.45, 7) is 10.2. The molecule has 0 fully saturated rings. The van der Waals surface area contributed by atoms with Crippen molar-refractivity contribution in [1.82, 2.24) is 15.3 Å². The van der Waals surface area contributed by atoms with Crippen molar-refractivity contribution in [3.8, 4) is 5.88 Å². The molecule has 19 heavy (non-hydrogen) atoms. The maximum atomic E-state index is 11.7. The predicted molar refractivity (Wildman–Crippen MR) is 74.3 cm³/mol. The van der Waals surface area contributed by atoms with Gasteiger partial charge in [0, 0.05) is 11.6 Å². The van der Waals surface area contributed by atoms with E-state index in [1.807, 2.05) is 27.7 Å². The molecule has 1 heterocycles. The summed E-state index contributed by atoms with van der Waals surface area (Å²) in [7, 11) is 0. The fourth-order valence-electron chi connectivity index (χ4n) is 1.49. The Kier molecular flexibility index (Phi) is 5.09. The number of aromatic nitrogens is 2. The van der Waals surface area contributed by atoms with E-state index in [0.29, 0.717) is 24.1 Å². The molecule has 2 N–H and O–H groups in total. The lowest BCUT2D eigenvalue weighted by Gasteiger charge is -2.20. The quantitative estimate of drug-likeness (QED) is 0.845. The minimum atomic E-state index is -0.239. The molecule has 6 nitrogen and oxygen atoms in total. The van der Waals surface area contributed by atoms with Crippen LogP contribution in [0.1, 0.15) is 33.5 Å². The van der Waals surface area contributed by atoms with Crippen molar-refractivity contribution < 1.29 is 9.53 Å². The van der Waals surface area contributed by atoms with E-state index in [-0.39, 0.29) is 18.0 Å². The van der Waals surface area contributed by atoms with Gasteiger partial charge in [-0.3, -0.25) is 4.79 Å². The van der Waals surface area contributed by atoms with Crippen LogP contribution >= 0.6 is 0 Å². The molecule has 0 spiro atoms. The first kappa shape index (κ1) is 15.2. The van der Waals surface area contributed by atoms with Crippen molar-refractivity contribution >= 4 is 11.7 Å². The molecule has 0 radical (unpaired) electrons. The van der Waals surface area contributed by atoms with Crippen LogP contribution in [0, 0.1) is 6.92 Å². The minimum absolute atomic E-state index is 0.0817. The monoisotopic (exact) mass is 266 g/mol. The average molecular weight is 266 g/mol. The number of nitrogens with one attached hydrogen (secondary N) is 2. The molecule has 0 saturated heterocycles. The molecule has 1 rings (SSSR count). The van der Waals surface area contributed by atoms with Crippen LogP contribution in [-0.2, 0) is 4.79 Å². The summed E-state index contributed by atoms with van der Waals surface area (Å²) in [5.74, 6) is 1.61. The van der Waals surface area contributed by atoms with Crippen LogP contribution in [0.3, 0.4) is 0 Å². The number of carbonyl (C=O) groups is 1. The number of anilines is 1. The average Bonchev–Trinajstić information content (AvgIpc) is 2.24. The number of aryl methyl sites for hydroxylation is 1. The number of carbonyl (C=O) groups excluding carboxylic acids is 1. The van der Waals surface area contributed by atoms with E-state index < -0.39 is 0 Å². The number of hydrogen-bond acceptors (Lipinski definition) is 5. The zero-order valence-corrected chi connectivity index (χ0v) is 12.2. The summed E-state index contributed by atoms with van der Waals surface area (Å²) < 4.78 is 5.32. The molecule has 0 aliphatic heterocycles. The highest BCUT2D eigenvalue weighted by molar-refractivity contribution is 5.81. The number of hydrogen-bond donors (Lipinski definition) is 2. The van der Waals surface area contributed by atoms with E-state index >= 15 is 0 Å². The first-order valence-corrected chi connectivity index (χ1v) is 6.33. The summed E-state index contributed by atoms with van der Waals surface area (Å²) in [5, 5.41) is 5.83. The van der Waals surface area contributed by atoms with Crippen LogP contribution in [-0.4, -0.2) is 34.6 Å². The molecule has 0 saturated carbocycles. The molecular weight excluding hydrogens is 244 g/mol. The van der Waals surface area contributed by atoms with Crippen LogP contribution in [0.2, 0.25) is 0 Å². The van der Waals surface area contributed by atoms with Crippen LogP contribution in [0.4, 0.5) is 5.82 Å². The smallest absolute Gasteiger partial charge is 0.239 e. The van der Waals surface area contributed by atoms with Crippen molar-refractivity contribution in [2.75, 3.05) is 18.5 Å². The van der Waals surface area contributed by atoms with Gasteiger partial charge in [0.05, 0.1) is 13.2 Å². The maximum Gasteiger partial charge on any atom is 0.239 e. The van der Waals surface area contributed by atoms with Crippen molar-refractivity contribution in [3.63, 3.8) is 0 Å². The highest BCUT2D eigenvalue weighted by Gasteiger charge is 2.13. The van der Waals surface area contributed by atoms with Gasteiger partial charge in [-0.05, 0) is 34.6 Å². The van der Waals surface area contributed by atoms with Gasteiger partial charge in [-0.15, -0.1) is 0 Å². The molecule has 0 aromatic carbocycles. The zero-order valence-electron chi connectivity index (χ0n) is 12.2.